The molecule has 1 aromatic heterocycles. The number of para-hydroxylation sites is 1. The van der Waals surface area contributed by atoms with Gasteiger partial charge in [-0.3, -0.25) is 9.79 Å². The lowest BCUT2D eigenvalue weighted by molar-refractivity contribution is -0.119. The molecular formula is C28H27N5O3. The van der Waals surface area contributed by atoms with Crippen molar-refractivity contribution in [1.29, 1.82) is 0 Å². The number of rotatable bonds is 8. The third-order valence-corrected chi connectivity index (χ3v) is 5.85. The fraction of sp³-hybridized carbons (Fsp3) is 0.214. The highest BCUT2D eigenvalue weighted by atomic mass is 16.5. The Balaban J connectivity index is 1.42. The second kappa shape index (κ2) is 10.5. The Kier molecular flexibility index (Phi) is 6.86. The van der Waals surface area contributed by atoms with Crippen LogP contribution < -0.4 is 10.1 Å². The molecule has 4 aromatic rings. The molecule has 0 amide bonds. The first kappa shape index (κ1) is 23.4. The summed E-state index contributed by atoms with van der Waals surface area (Å²) in [6.45, 7) is 1.30. The minimum atomic E-state index is -0.868. The molecule has 1 N–H and O–H groups in total. The van der Waals surface area contributed by atoms with E-state index in [1.165, 1.54) is 0 Å². The van der Waals surface area contributed by atoms with Gasteiger partial charge in [0.05, 0.1) is 11.3 Å². The van der Waals surface area contributed by atoms with E-state index in [-0.39, 0.29) is 18.2 Å². The van der Waals surface area contributed by atoms with Crippen LogP contribution in [0.25, 0.3) is 11.5 Å². The van der Waals surface area contributed by atoms with Gasteiger partial charge >= 0.3 is 6.01 Å². The standard InChI is InChI=1S/C28H27N5O3/c1-33(2)16-17-35-24-15-9-8-14-22(24)27-31-32-28(36-27)30-26-23(34)18-20-12-6-7-13-21(20)25(29-26)19-10-4-3-5-11-19/h3-15,26H,16-18H2,1-2H3,(H,30,32). The van der Waals surface area contributed by atoms with Crippen molar-refractivity contribution in [3.8, 4) is 17.2 Å². The second-order valence-electron chi connectivity index (χ2n) is 8.75. The van der Waals surface area contributed by atoms with E-state index in [0.717, 1.165) is 28.9 Å². The topological polar surface area (TPSA) is 92.9 Å². The smallest absolute Gasteiger partial charge is 0.317 e. The average molecular weight is 482 g/mol. The van der Waals surface area contributed by atoms with Crippen LogP contribution in [0.4, 0.5) is 6.01 Å². The van der Waals surface area contributed by atoms with E-state index in [1.807, 2.05) is 97.9 Å². The molecule has 1 aliphatic heterocycles. The van der Waals surface area contributed by atoms with E-state index in [4.69, 9.17) is 14.1 Å². The molecule has 0 saturated carbocycles. The molecule has 1 atom stereocenters. The molecule has 2 heterocycles. The number of Topliss-reactive ketones (excluding diaryl/α,β-unsaturated/α-hetero) is 1. The van der Waals surface area contributed by atoms with Crippen molar-refractivity contribution in [1.82, 2.24) is 15.1 Å². The number of aliphatic imine (C=N–C) groups is 1. The molecule has 8 nitrogen and oxygen atoms in total. The van der Waals surface area contributed by atoms with E-state index in [2.05, 4.69) is 15.5 Å². The van der Waals surface area contributed by atoms with Crippen molar-refractivity contribution in [3.05, 3.63) is 95.6 Å². The monoisotopic (exact) mass is 481 g/mol. The van der Waals surface area contributed by atoms with Crippen LogP contribution in [0, 0.1) is 0 Å². The molecule has 0 aliphatic carbocycles. The maximum absolute atomic E-state index is 13.2. The van der Waals surface area contributed by atoms with Gasteiger partial charge in [0.2, 0.25) is 0 Å². The summed E-state index contributed by atoms with van der Waals surface area (Å²) in [7, 11) is 3.98. The first-order valence-electron chi connectivity index (χ1n) is 11.8. The average Bonchev–Trinajstić information content (AvgIpc) is 3.30. The van der Waals surface area contributed by atoms with Gasteiger partial charge in [0.15, 0.2) is 11.9 Å². The van der Waals surface area contributed by atoms with Crippen LogP contribution in [0.1, 0.15) is 16.7 Å². The van der Waals surface area contributed by atoms with E-state index in [0.29, 0.717) is 23.8 Å². The SMILES string of the molecule is CN(C)CCOc1ccccc1-c1nnc(NC2N=C(c3ccccc3)c3ccccc3CC2=O)o1. The highest BCUT2D eigenvalue weighted by molar-refractivity contribution is 6.16. The summed E-state index contributed by atoms with van der Waals surface area (Å²) in [5, 5.41) is 11.4. The van der Waals surface area contributed by atoms with Crippen LogP contribution in [-0.2, 0) is 11.2 Å². The number of aromatic nitrogens is 2. The molecule has 0 bridgehead atoms. The zero-order chi connectivity index (χ0) is 24.9. The fourth-order valence-corrected chi connectivity index (χ4v) is 4.01. The molecule has 182 valence electrons. The molecule has 0 radical (unpaired) electrons. The van der Waals surface area contributed by atoms with Crippen molar-refractivity contribution in [3.63, 3.8) is 0 Å². The van der Waals surface area contributed by atoms with Crippen LogP contribution in [0.5, 0.6) is 5.75 Å². The Morgan fingerprint density at radius 1 is 0.944 bits per heavy atom. The molecule has 1 unspecified atom stereocenters. The molecule has 0 saturated heterocycles. The molecule has 5 rings (SSSR count). The van der Waals surface area contributed by atoms with Crippen LogP contribution in [0.15, 0.2) is 88.3 Å². The quantitative estimate of drug-likeness (QED) is 0.405. The molecule has 0 fully saturated rings. The first-order chi connectivity index (χ1) is 17.6. The fourth-order valence-electron chi connectivity index (χ4n) is 4.01. The van der Waals surface area contributed by atoms with E-state index >= 15 is 0 Å². The predicted octanol–water partition coefficient (Wildman–Crippen LogP) is 4.08. The Morgan fingerprint density at radius 2 is 1.67 bits per heavy atom. The summed E-state index contributed by atoms with van der Waals surface area (Å²) in [6, 6.07) is 25.3. The van der Waals surface area contributed by atoms with Gasteiger partial charge in [-0.15, -0.1) is 5.10 Å². The number of nitrogens with one attached hydrogen (secondary N) is 1. The Bertz CT molecular complexity index is 1380. The lowest BCUT2D eigenvalue weighted by atomic mass is 9.96. The largest absolute Gasteiger partial charge is 0.491 e. The van der Waals surface area contributed by atoms with Gasteiger partial charge < -0.3 is 19.4 Å². The van der Waals surface area contributed by atoms with Crippen molar-refractivity contribution < 1.29 is 13.9 Å². The number of likely N-dealkylation sites (N-methyl/N-ethyl adjacent to an activating group) is 1. The minimum Gasteiger partial charge on any atom is -0.491 e. The van der Waals surface area contributed by atoms with Crippen molar-refractivity contribution in [2.75, 3.05) is 32.6 Å². The van der Waals surface area contributed by atoms with Gasteiger partial charge in [-0.2, -0.15) is 0 Å². The summed E-state index contributed by atoms with van der Waals surface area (Å²) in [5.41, 5.74) is 4.24. The highest BCUT2D eigenvalue weighted by Crippen LogP contribution is 2.30. The van der Waals surface area contributed by atoms with Crippen LogP contribution in [0.3, 0.4) is 0 Å². The minimum absolute atomic E-state index is 0.0828. The first-order valence-corrected chi connectivity index (χ1v) is 11.8. The van der Waals surface area contributed by atoms with Gasteiger partial charge in [0.1, 0.15) is 12.4 Å². The number of hydrogen-bond donors (Lipinski definition) is 1. The van der Waals surface area contributed by atoms with Gasteiger partial charge in [-0.1, -0.05) is 71.8 Å². The van der Waals surface area contributed by atoms with E-state index < -0.39 is 6.17 Å². The summed E-state index contributed by atoms with van der Waals surface area (Å²) in [5.74, 6) is 0.870. The van der Waals surface area contributed by atoms with Gasteiger partial charge in [-0.05, 0) is 31.8 Å². The molecule has 36 heavy (non-hydrogen) atoms. The van der Waals surface area contributed by atoms with Crippen LogP contribution in [0.2, 0.25) is 0 Å². The van der Waals surface area contributed by atoms with Gasteiger partial charge in [0, 0.05) is 24.1 Å². The van der Waals surface area contributed by atoms with Crippen molar-refractivity contribution in [2.24, 2.45) is 4.99 Å². The summed E-state index contributed by atoms with van der Waals surface area (Å²) >= 11 is 0. The third kappa shape index (κ3) is 5.18. The lowest BCUT2D eigenvalue weighted by Crippen LogP contribution is -2.29. The molecular weight excluding hydrogens is 454 g/mol. The number of benzene rings is 3. The second-order valence-corrected chi connectivity index (χ2v) is 8.75. The number of nitrogens with zero attached hydrogens (tertiary/aromatic N) is 4. The van der Waals surface area contributed by atoms with Gasteiger partial charge in [-0.25, -0.2) is 0 Å². The van der Waals surface area contributed by atoms with Gasteiger partial charge in [0.25, 0.3) is 5.89 Å². The molecule has 1 aliphatic rings. The summed E-state index contributed by atoms with van der Waals surface area (Å²) < 4.78 is 11.8. The third-order valence-electron chi connectivity index (χ3n) is 5.85. The normalized spacial score (nSPS) is 15.2. The number of anilines is 1. The van der Waals surface area contributed by atoms with Crippen molar-refractivity contribution >= 4 is 17.5 Å². The van der Waals surface area contributed by atoms with Crippen LogP contribution >= 0.6 is 0 Å². The molecule has 8 heteroatoms. The zero-order valence-corrected chi connectivity index (χ0v) is 20.2. The number of ether oxygens (including phenoxy) is 1. The van der Waals surface area contributed by atoms with Crippen molar-refractivity contribution in [2.45, 2.75) is 12.6 Å². The number of hydrogen-bond acceptors (Lipinski definition) is 8. The maximum atomic E-state index is 13.2. The Labute approximate surface area is 209 Å². The Hall–Kier alpha value is -4.30. The predicted molar refractivity (Wildman–Crippen MR) is 138 cm³/mol. The summed E-state index contributed by atoms with van der Waals surface area (Å²) in [6.07, 6.45) is -0.621. The number of fused-ring (bicyclic) bond motifs is 1. The summed E-state index contributed by atoms with van der Waals surface area (Å²) in [4.78, 5) is 20.0. The zero-order valence-electron chi connectivity index (χ0n) is 20.2. The highest BCUT2D eigenvalue weighted by Gasteiger charge is 2.27. The molecule has 0 spiro atoms. The van der Waals surface area contributed by atoms with Crippen LogP contribution in [-0.4, -0.2) is 60.0 Å². The maximum Gasteiger partial charge on any atom is 0.317 e. The molecule has 3 aromatic carbocycles. The Morgan fingerprint density at radius 3 is 2.47 bits per heavy atom. The lowest BCUT2D eigenvalue weighted by Gasteiger charge is -2.13. The number of carbonyl (C=O) groups excluding carboxylic acids is 1. The van der Waals surface area contributed by atoms with E-state index in [9.17, 15) is 4.79 Å². The van der Waals surface area contributed by atoms with E-state index in [1.54, 1.807) is 0 Å². The number of ketones is 1. The number of carbonyl (C=O) groups is 1.